The number of rotatable bonds is 13. The van der Waals surface area contributed by atoms with Gasteiger partial charge in [-0.1, -0.05) is 85.0 Å². The van der Waals surface area contributed by atoms with Gasteiger partial charge < -0.3 is 15.0 Å². The average Bonchev–Trinajstić information content (AvgIpc) is 2.94. The number of carbonyl (C=O) groups is 2. The maximum Gasteiger partial charge on any atom is 0.244 e. The van der Waals surface area contributed by atoms with E-state index in [0.717, 1.165) is 16.1 Å². The molecule has 0 heterocycles. The van der Waals surface area contributed by atoms with Crippen LogP contribution in [0.1, 0.15) is 25.0 Å². The fourth-order valence-electron chi connectivity index (χ4n) is 4.26. The van der Waals surface area contributed by atoms with Gasteiger partial charge in [0.05, 0.1) is 29.1 Å². The Morgan fingerprint density at radius 2 is 1.62 bits per heavy atom. The van der Waals surface area contributed by atoms with Gasteiger partial charge in [0, 0.05) is 24.5 Å². The minimum Gasteiger partial charge on any atom is -0.495 e. The van der Waals surface area contributed by atoms with Crippen molar-refractivity contribution in [3.63, 3.8) is 0 Å². The van der Waals surface area contributed by atoms with Crippen LogP contribution in [0.4, 0.5) is 5.69 Å². The molecule has 0 aromatic heterocycles. The standard InChI is InChI=1S/C30H34Cl3N3O5S/c1-20(2)17-34-30(38)27(15-21-8-6-5-7-9-21)35(18-22-10-12-24(32)25(33)14-22)29(37)19-36(42(4,39)40)26-16-23(31)11-13-28(26)41-3/h5-14,16,20,27H,15,17-19H2,1-4H3,(H,34,38). The van der Waals surface area contributed by atoms with E-state index < -0.39 is 28.5 Å². The van der Waals surface area contributed by atoms with Gasteiger partial charge in [0.1, 0.15) is 18.3 Å². The van der Waals surface area contributed by atoms with Crippen LogP contribution in [0.5, 0.6) is 5.75 Å². The van der Waals surface area contributed by atoms with Gasteiger partial charge in [0.25, 0.3) is 0 Å². The predicted molar refractivity (Wildman–Crippen MR) is 169 cm³/mol. The lowest BCUT2D eigenvalue weighted by atomic mass is 10.0. The Balaban J connectivity index is 2.11. The van der Waals surface area contributed by atoms with Crippen molar-refractivity contribution >= 4 is 62.3 Å². The minimum atomic E-state index is -4.00. The lowest BCUT2D eigenvalue weighted by Crippen LogP contribution is -2.53. The van der Waals surface area contributed by atoms with Crippen molar-refractivity contribution in [3.8, 4) is 5.75 Å². The van der Waals surface area contributed by atoms with Gasteiger partial charge in [-0.2, -0.15) is 0 Å². The van der Waals surface area contributed by atoms with E-state index in [1.165, 1.54) is 24.1 Å². The lowest BCUT2D eigenvalue weighted by molar-refractivity contribution is -0.140. The maximum atomic E-state index is 14.2. The van der Waals surface area contributed by atoms with E-state index in [1.807, 2.05) is 44.2 Å². The maximum absolute atomic E-state index is 14.2. The summed E-state index contributed by atoms with van der Waals surface area (Å²) in [5.41, 5.74) is 1.53. The highest BCUT2D eigenvalue weighted by Crippen LogP contribution is 2.33. The van der Waals surface area contributed by atoms with Crippen molar-refractivity contribution < 1.29 is 22.7 Å². The van der Waals surface area contributed by atoms with E-state index in [1.54, 1.807) is 24.3 Å². The van der Waals surface area contributed by atoms with Crippen molar-refractivity contribution in [2.24, 2.45) is 5.92 Å². The molecule has 1 N–H and O–H groups in total. The minimum absolute atomic E-state index is 0.0351. The topological polar surface area (TPSA) is 96.0 Å². The number of hydrogen-bond donors (Lipinski definition) is 1. The summed E-state index contributed by atoms with van der Waals surface area (Å²) in [5, 5.41) is 3.82. The number of halogens is 3. The van der Waals surface area contributed by atoms with Crippen LogP contribution in [0.3, 0.4) is 0 Å². The van der Waals surface area contributed by atoms with Gasteiger partial charge in [-0.05, 0) is 47.4 Å². The third kappa shape index (κ3) is 9.26. The first-order valence-electron chi connectivity index (χ1n) is 13.2. The molecule has 0 aliphatic heterocycles. The zero-order chi connectivity index (χ0) is 31.0. The molecule has 42 heavy (non-hydrogen) atoms. The Morgan fingerprint density at radius 1 is 0.929 bits per heavy atom. The van der Waals surface area contributed by atoms with Crippen molar-refractivity contribution in [3.05, 3.63) is 92.9 Å². The third-order valence-electron chi connectivity index (χ3n) is 6.38. The Bertz CT molecular complexity index is 1500. The number of sulfonamides is 1. The van der Waals surface area contributed by atoms with E-state index in [-0.39, 0.29) is 46.3 Å². The largest absolute Gasteiger partial charge is 0.495 e. The Kier molecular flexibility index (Phi) is 11.9. The normalized spacial score (nSPS) is 12.1. The fourth-order valence-corrected chi connectivity index (χ4v) is 5.60. The smallest absolute Gasteiger partial charge is 0.244 e. The quantitative estimate of drug-likeness (QED) is 0.250. The fraction of sp³-hybridized carbons (Fsp3) is 0.333. The summed E-state index contributed by atoms with van der Waals surface area (Å²) in [6.07, 6.45) is 1.18. The molecular formula is C30H34Cl3N3O5S. The highest BCUT2D eigenvalue weighted by Gasteiger charge is 2.34. The van der Waals surface area contributed by atoms with Crippen LogP contribution in [-0.2, 0) is 32.6 Å². The van der Waals surface area contributed by atoms with Gasteiger partial charge in [0.15, 0.2) is 0 Å². The number of anilines is 1. The number of nitrogens with zero attached hydrogens (tertiary/aromatic N) is 2. The molecule has 3 aromatic carbocycles. The molecule has 3 rings (SSSR count). The molecule has 0 fully saturated rings. The van der Waals surface area contributed by atoms with Crippen LogP contribution in [0.2, 0.25) is 15.1 Å². The van der Waals surface area contributed by atoms with Crippen LogP contribution in [0.25, 0.3) is 0 Å². The highest BCUT2D eigenvalue weighted by atomic mass is 35.5. The van der Waals surface area contributed by atoms with Gasteiger partial charge in [-0.3, -0.25) is 13.9 Å². The van der Waals surface area contributed by atoms with E-state index >= 15 is 0 Å². The van der Waals surface area contributed by atoms with E-state index in [9.17, 15) is 18.0 Å². The molecule has 0 bridgehead atoms. The number of hydrogen-bond acceptors (Lipinski definition) is 5. The number of benzene rings is 3. The predicted octanol–water partition coefficient (Wildman–Crippen LogP) is 5.83. The molecule has 1 atom stereocenters. The van der Waals surface area contributed by atoms with Crippen molar-refractivity contribution in [2.75, 3.05) is 30.8 Å². The second-order valence-electron chi connectivity index (χ2n) is 10.2. The second kappa shape index (κ2) is 15.0. The number of carbonyl (C=O) groups excluding carboxylic acids is 2. The average molecular weight is 655 g/mol. The molecule has 1 unspecified atom stereocenters. The van der Waals surface area contributed by atoms with Gasteiger partial charge in [-0.15, -0.1) is 0 Å². The summed E-state index contributed by atoms with van der Waals surface area (Å²) >= 11 is 18.6. The first-order chi connectivity index (χ1) is 19.8. The van der Waals surface area contributed by atoms with Crippen LogP contribution < -0.4 is 14.4 Å². The molecular weight excluding hydrogens is 621 g/mol. The van der Waals surface area contributed by atoms with Gasteiger partial charge >= 0.3 is 0 Å². The van der Waals surface area contributed by atoms with Crippen LogP contribution in [-0.4, -0.2) is 57.6 Å². The lowest BCUT2D eigenvalue weighted by Gasteiger charge is -2.34. The van der Waals surface area contributed by atoms with Crippen LogP contribution in [0.15, 0.2) is 66.7 Å². The first kappa shape index (κ1) is 33.5. The van der Waals surface area contributed by atoms with Gasteiger partial charge in [0.2, 0.25) is 21.8 Å². The molecule has 3 aromatic rings. The van der Waals surface area contributed by atoms with Crippen LogP contribution in [0, 0.1) is 5.92 Å². The first-order valence-corrected chi connectivity index (χ1v) is 16.1. The van der Waals surface area contributed by atoms with Gasteiger partial charge in [-0.25, -0.2) is 8.42 Å². The molecule has 0 saturated heterocycles. The van der Waals surface area contributed by atoms with E-state index in [2.05, 4.69) is 5.32 Å². The van der Waals surface area contributed by atoms with Crippen molar-refractivity contribution in [1.29, 1.82) is 0 Å². The third-order valence-corrected chi connectivity index (χ3v) is 8.48. The molecule has 0 spiro atoms. The molecule has 0 radical (unpaired) electrons. The summed E-state index contributed by atoms with van der Waals surface area (Å²) in [6, 6.07) is 17.7. The molecule has 8 nitrogen and oxygen atoms in total. The van der Waals surface area contributed by atoms with Crippen LogP contribution >= 0.6 is 34.8 Å². The number of amides is 2. The molecule has 0 aliphatic rings. The summed E-state index contributed by atoms with van der Waals surface area (Å²) < 4.78 is 32.4. The van der Waals surface area contributed by atoms with Crippen molar-refractivity contribution in [2.45, 2.75) is 32.9 Å². The summed E-state index contributed by atoms with van der Waals surface area (Å²) in [6.45, 7) is 3.68. The van der Waals surface area contributed by atoms with E-state index in [4.69, 9.17) is 39.5 Å². The molecule has 226 valence electrons. The molecule has 0 aliphatic carbocycles. The summed E-state index contributed by atoms with van der Waals surface area (Å²) in [7, 11) is -2.61. The van der Waals surface area contributed by atoms with E-state index in [0.29, 0.717) is 17.1 Å². The molecule has 0 saturated carbocycles. The zero-order valence-corrected chi connectivity index (χ0v) is 26.9. The molecule has 12 heteroatoms. The summed E-state index contributed by atoms with van der Waals surface area (Å²) in [5.74, 6) is -0.605. The summed E-state index contributed by atoms with van der Waals surface area (Å²) in [4.78, 5) is 29.3. The Morgan fingerprint density at radius 3 is 2.21 bits per heavy atom. The Hall–Kier alpha value is -2.98. The number of nitrogens with one attached hydrogen (secondary N) is 1. The second-order valence-corrected chi connectivity index (χ2v) is 13.4. The van der Waals surface area contributed by atoms with Crippen molar-refractivity contribution in [1.82, 2.24) is 10.2 Å². The highest BCUT2D eigenvalue weighted by molar-refractivity contribution is 7.92. The molecule has 2 amide bonds. The monoisotopic (exact) mass is 653 g/mol. The number of methoxy groups -OCH3 is 1. The SMILES string of the molecule is COc1ccc(Cl)cc1N(CC(=O)N(Cc1ccc(Cl)c(Cl)c1)C(Cc1ccccc1)C(=O)NCC(C)C)S(C)(=O)=O. The number of ether oxygens (including phenoxy) is 1. The Labute approximate surface area is 262 Å². The zero-order valence-electron chi connectivity index (χ0n) is 23.8.